The lowest BCUT2D eigenvalue weighted by atomic mass is 9.82. The number of allylic oxidation sites excluding steroid dienone is 1. The highest BCUT2D eigenvalue weighted by Crippen LogP contribution is 2.25. The van der Waals surface area contributed by atoms with Crippen LogP contribution < -0.4 is 16.6 Å². The van der Waals surface area contributed by atoms with E-state index in [0.717, 1.165) is 10.6 Å². The van der Waals surface area contributed by atoms with E-state index in [0.29, 0.717) is 6.42 Å². The van der Waals surface area contributed by atoms with Gasteiger partial charge >= 0.3 is 0 Å². The van der Waals surface area contributed by atoms with Gasteiger partial charge in [0.2, 0.25) is 11.8 Å². The summed E-state index contributed by atoms with van der Waals surface area (Å²) in [7, 11) is 0. The van der Waals surface area contributed by atoms with Crippen LogP contribution in [0, 0.1) is 23.7 Å². The number of aliphatic hydroxyl groups is 1. The summed E-state index contributed by atoms with van der Waals surface area (Å²) in [5.74, 6) is -3.40. The Labute approximate surface area is 196 Å². The van der Waals surface area contributed by atoms with Crippen molar-refractivity contribution < 1.29 is 24.7 Å². The smallest absolute Gasteiger partial charge is 0.260 e. The van der Waals surface area contributed by atoms with Crippen molar-refractivity contribution in [2.75, 3.05) is 13.2 Å². The van der Waals surface area contributed by atoms with Gasteiger partial charge in [0.1, 0.15) is 6.04 Å². The number of nitrogens with zero attached hydrogens (tertiary/aromatic N) is 1. The van der Waals surface area contributed by atoms with E-state index in [1.54, 1.807) is 11.6 Å². The number of hydrogen-bond acceptors (Lipinski definition) is 6. The number of hydroxylamine groups is 1. The van der Waals surface area contributed by atoms with Gasteiger partial charge in [-0.15, -0.1) is 0 Å². The zero-order valence-electron chi connectivity index (χ0n) is 19.9. The number of carbonyl (C=O) groups is 3. The normalized spacial score (nSPS) is 14.2. The molecule has 1 aromatic rings. The molecule has 0 fully saturated rings. The lowest BCUT2D eigenvalue weighted by molar-refractivity contribution is -0.148. The maximum atomic E-state index is 13.3. The minimum absolute atomic E-state index is 0.0223. The van der Waals surface area contributed by atoms with Gasteiger partial charge in [0.15, 0.2) is 0 Å². The van der Waals surface area contributed by atoms with E-state index in [2.05, 4.69) is 5.43 Å². The molecule has 0 aliphatic heterocycles. The molecule has 0 aliphatic carbocycles. The second-order valence-corrected chi connectivity index (χ2v) is 8.98. The molecular formula is C24H38N4O5. The van der Waals surface area contributed by atoms with Crippen LogP contribution in [0.1, 0.15) is 46.1 Å². The second-order valence-electron chi connectivity index (χ2n) is 8.98. The Hall–Kier alpha value is -2.75. The van der Waals surface area contributed by atoms with Crippen molar-refractivity contribution in [2.24, 2.45) is 29.4 Å². The Bertz CT molecular complexity index is 782. The van der Waals surface area contributed by atoms with Crippen LogP contribution in [0.5, 0.6) is 0 Å². The summed E-state index contributed by atoms with van der Waals surface area (Å²) in [6, 6.07) is 8.34. The number of nitrogens with two attached hydrogens (primary N) is 1. The molecule has 0 aliphatic rings. The predicted molar refractivity (Wildman–Crippen MR) is 126 cm³/mol. The Morgan fingerprint density at radius 1 is 1.03 bits per heavy atom. The van der Waals surface area contributed by atoms with Gasteiger partial charge in [-0.3, -0.25) is 30.0 Å². The first kappa shape index (κ1) is 28.3. The molecule has 6 N–H and O–H groups in total. The summed E-state index contributed by atoms with van der Waals surface area (Å²) in [5, 5.41) is 19.7. The van der Waals surface area contributed by atoms with Gasteiger partial charge < -0.3 is 10.8 Å². The molecule has 0 spiro atoms. The number of benzene rings is 1. The summed E-state index contributed by atoms with van der Waals surface area (Å²) >= 11 is 0. The molecule has 0 aromatic heterocycles. The lowest BCUT2D eigenvalue weighted by Crippen LogP contribution is -2.56. The van der Waals surface area contributed by atoms with Crippen molar-refractivity contribution in [3.63, 3.8) is 0 Å². The summed E-state index contributed by atoms with van der Waals surface area (Å²) in [4.78, 5) is 38.4. The van der Waals surface area contributed by atoms with Crippen LogP contribution in [-0.2, 0) is 14.4 Å². The molecule has 0 unspecified atom stereocenters. The third-order valence-electron chi connectivity index (χ3n) is 5.07. The van der Waals surface area contributed by atoms with Crippen LogP contribution in [0.2, 0.25) is 0 Å². The van der Waals surface area contributed by atoms with Crippen LogP contribution in [0.15, 0.2) is 36.4 Å². The minimum atomic E-state index is -1.17. The molecular weight excluding hydrogens is 424 g/mol. The fraction of sp³-hybridized carbons (Fsp3) is 0.542. The Kier molecular flexibility index (Phi) is 12.3. The van der Waals surface area contributed by atoms with Gasteiger partial charge in [0.25, 0.3) is 5.91 Å². The summed E-state index contributed by atoms with van der Waals surface area (Å²) in [5.41, 5.74) is 10.9. The van der Waals surface area contributed by atoms with Crippen molar-refractivity contribution in [1.82, 2.24) is 15.9 Å². The molecule has 0 saturated heterocycles. The van der Waals surface area contributed by atoms with Gasteiger partial charge in [-0.2, -0.15) is 0 Å². The van der Waals surface area contributed by atoms with E-state index >= 15 is 0 Å². The molecule has 3 atom stereocenters. The summed E-state index contributed by atoms with van der Waals surface area (Å²) in [6.07, 6.45) is 4.20. The highest BCUT2D eigenvalue weighted by molar-refractivity contribution is 5.89. The lowest BCUT2D eigenvalue weighted by Gasteiger charge is -2.31. The molecule has 0 bridgehead atoms. The maximum Gasteiger partial charge on any atom is 0.260 e. The number of hydrazine groups is 1. The fourth-order valence-corrected chi connectivity index (χ4v) is 3.46. The van der Waals surface area contributed by atoms with E-state index < -0.39 is 42.2 Å². The van der Waals surface area contributed by atoms with Crippen LogP contribution in [0.25, 0.3) is 6.08 Å². The van der Waals surface area contributed by atoms with Crippen LogP contribution in [0.4, 0.5) is 0 Å². The second kappa shape index (κ2) is 14.4. The third kappa shape index (κ3) is 9.73. The van der Waals surface area contributed by atoms with Gasteiger partial charge in [-0.1, -0.05) is 70.2 Å². The predicted octanol–water partition coefficient (Wildman–Crippen LogP) is 1.71. The average molecular weight is 463 g/mol. The first-order valence-corrected chi connectivity index (χ1v) is 11.2. The first-order valence-electron chi connectivity index (χ1n) is 11.2. The molecule has 0 heterocycles. The third-order valence-corrected chi connectivity index (χ3v) is 5.07. The van der Waals surface area contributed by atoms with Crippen molar-refractivity contribution in [3.05, 3.63) is 42.0 Å². The first-order chi connectivity index (χ1) is 15.6. The fourth-order valence-electron chi connectivity index (χ4n) is 3.46. The van der Waals surface area contributed by atoms with Crippen molar-refractivity contribution in [3.8, 4) is 0 Å². The minimum Gasteiger partial charge on any atom is -0.394 e. The Morgan fingerprint density at radius 2 is 1.67 bits per heavy atom. The zero-order valence-corrected chi connectivity index (χ0v) is 19.9. The van der Waals surface area contributed by atoms with Gasteiger partial charge in [-0.25, -0.2) is 5.48 Å². The summed E-state index contributed by atoms with van der Waals surface area (Å²) in [6.45, 7) is 7.23. The maximum absolute atomic E-state index is 13.3. The average Bonchev–Trinajstić information content (AvgIpc) is 2.78. The topological polar surface area (TPSA) is 145 Å². The van der Waals surface area contributed by atoms with E-state index in [4.69, 9.17) is 5.73 Å². The molecule has 9 nitrogen and oxygen atoms in total. The number of amides is 3. The highest BCUT2D eigenvalue weighted by Gasteiger charge is 2.35. The van der Waals surface area contributed by atoms with E-state index in [-0.39, 0.29) is 24.8 Å². The van der Waals surface area contributed by atoms with Crippen LogP contribution >= 0.6 is 0 Å². The Morgan fingerprint density at radius 3 is 2.18 bits per heavy atom. The van der Waals surface area contributed by atoms with Gasteiger partial charge in [0.05, 0.1) is 18.4 Å². The molecule has 9 heteroatoms. The molecule has 184 valence electrons. The number of hydrogen-bond donors (Lipinski definition) is 5. The largest absolute Gasteiger partial charge is 0.394 e. The number of nitrogens with one attached hydrogen (secondary N) is 2. The number of aliphatic hydroxyl groups excluding tert-OH is 1. The van der Waals surface area contributed by atoms with Crippen LogP contribution in [0.3, 0.4) is 0 Å². The van der Waals surface area contributed by atoms with E-state index in [1.165, 1.54) is 0 Å². The van der Waals surface area contributed by atoms with Crippen molar-refractivity contribution >= 4 is 23.8 Å². The van der Waals surface area contributed by atoms with Crippen molar-refractivity contribution in [1.29, 1.82) is 0 Å². The van der Waals surface area contributed by atoms with E-state index in [1.807, 2.05) is 64.1 Å². The molecule has 3 amide bonds. The SMILES string of the molecule is CC(C)C[C@@H](C(=O)NN(CC(C)C)C(=O)[C@H](N)CO)[C@H](CC=Cc1ccccc1)C(=O)NO. The number of rotatable bonds is 12. The molecule has 33 heavy (non-hydrogen) atoms. The van der Waals surface area contributed by atoms with Crippen LogP contribution in [-0.4, -0.2) is 52.2 Å². The zero-order chi connectivity index (χ0) is 25.0. The number of carbonyl (C=O) groups excluding carboxylic acids is 3. The monoisotopic (exact) mass is 462 g/mol. The highest BCUT2D eigenvalue weighted by atomic mass is 16.5. The van der Waals surface area contributed by atoms with E-state index in [9.17, 15) is 24.7 Å². The van der Waals surface area contributed by atoms with Gasteiger partial charge in [0, 0.05) is 6.54 Å². The molecule has 0 radical (unpaired) electrons. The van der Waals surface area contributed by atoms with Crippen molar-refractivity contribution in [2.45, 2.75) is 46.6 Å². The molecule has 0 saturated carbocycles. The standard InChI is InChI=1S/C24H38N4O5/c1-16(2)13-20(22(30)26-28(14-17(3)4)24(32)21(25)15-29)19(23(31)27-33)12-8-11-18-9-6-5-7-10-18/h5-11,16-17,19-21,29,33H,12-15,25H2,1-4H3,(H,26,30)(H,27,31)/t19-,20+,21+/m0/s1. The Balaban J connectivity index is 3.15. The molecule has 1 aromatic carbocycles. The molecule has 1 rings (SSSR count). The van der Waals surface area contributed by atoms with Gasteiger partial charge in [-0.05, 0) is 30.2 Å². The summed E-state index contributed by atoms with van der Waals surface area (Å²) < 4.78 is 0. The quantitative estimate of drug-likeness (QED) is 0.236.